The van der Waals surface area contributed by atoms with E-state index < -0.39 is 0 Å². The normalized spacial score (nSPS) is 11.0. The number of hydrogen-bond donors (Lipinski definition) is 2. The van der Waals surface area contributed by atoms with E-state index in [-0.39, 0.29) is 5.56 Å². The maximum atomic E-state index is 12.9. The lowest BCUT2D eigenvalue weighted by atomic mass is 10.1. The van der Waals surface area contributed by atoms with Gasteiger partial charge in [0.25, 0.3) is 5.56 Å². The van der Waals surface area contributed by atoms with Crippen LogP contribution in [0.25, 0.3) is 10.9 Å². The molecule has 0 bridgehead atoms. The summed E-state index contributed by atoms with van der Waals surface area (Å²) in [6.45, 7) is 8.48. The lowest BCUT2D eigenvalue weighted by molar-refractivity contribution is 0.281. The summed E-state index contributed by atoms with van der Waals surface area (Å²) < 4.78 is 10.5. The monoisotopic (exact) mass is 482 g/mol. The number of methoxy groups -OCH3 is 2. The molecule has 8 heteroatoms. The topological polar surface area (TPSA) is 69.8 Å². The number of H-pyrrole nitrogens is 1. The van der Waals surface area contributed by atoms with Gasteiger partial charge >= 0.3 is 0 Å². The Bertz CT molecular complexity index is 1140. The molecule has 0 fully saturated rings. The fourth-order valence-electron chi connectivity index (χ4n) is 3.83. The largest absolute Gasteiger partial charge is 0.497 e. The summed E-state index contributed by atoms with van der Waals surface area (Å²) in [6, 6.07) is 15.2. The molecule has 0 atom stereocenters. The van der Waals surface area contributed by atoms with E-state index in [1.807, 2.05) is 48.5 Å². The zero-order valence-corrected chi connectivity index (χ0v) is 21.2. The first-order valence-electron chi connectivity index (χ1n) is 11.6. The van der Waals surface area contributed by atoms with E-state index in [1.54, 1.807) is 14.2 Å². The second-order valence-electron chi connectivity index (χ2n) is 8.04. The van der Waals surface area contributed by atoms with Gasteiger partial charge < -0.3 is 29.6 Å². The molecule has 0 spiro atoms. The number of hydrogen-bond acceptors (Lipinski definition) is 5. The molecule has 0 aliphatic rings. The summed E-state index contributed by atoms with van der Waals surface area (Å²) in [5.74, 6) is 1.49. The van der Waals surface area contributed by atoms with Gasteiger partial charge in [-0.15, -0.1) is 0 Å². The van der Waals surface area contributed by atoms with Crippen LogP contribution < -0.4 is 20.3 Å². The number of fused-ring (bicyclic) bond motifs is 1. The molecular weight excluding hydrogens is 448 g/mol. The van der Waals surface area contributed by atoms with E-state index >= 15 is 0 Å². The molecule has 3 rings (SSSR count). The first-order chi connectivity index (χ1) is 16.5. The van der Waals surface area contributed by atoms with Crippen molar-refractivity contribution in [3.8, 4) is 11.5 Å². The summed E-state index contributed by atoms with van der Waals surface area (Å²) >= 11 is 5.77. The smallest absolute Gasteiger partial charge is 0.253 e. The van der Waals surface area contributed by atoms with Gasteiger partial charge in [-0.1, -0.05) is 13.8 Å². The van der Waals surface area contributed by atoms with Crippen molar-refractivity contribution in [1.82, 2.24) is 14.8 Å². The molecule has 2 aromatic carbocycles. The van der Waals surface area contributed by atoms with Crippen LogP contribution in [0.4, 0.5) is 5.69 Å². The first-order valence-corrected chi connectivity index (χ1v) is 12.0. The van der Waals surface area contributed by atoms with Crippen LogP contribution in [0.2, 0.25) is 0 Å². The number of aromatic nitrogens is 1. The molecule has 0 saturated heterocycles. The molecule has 0 amide bonds. The molecule has 34 heavy (non-hydrogen) atoms. The highest BCUT2D eigenvalue weighted by atomic mass is 32.1. The number of benzene rings is 2. The minimum Gasteiger partial charge on any atom is -0.497 e. The SMILES string of the molecule is CCN(CC)CCCN(Cc1cc2ccc(OC)cc2[nH]c1=O)C(=S)Nc1ccc(OC)cc1. The van der Waals surface area contributed by atoms with Crippen molar-refractivity contribution in [2.45, 2.75) is 26.8 Å². The summed E-state index contributed by atoms with van der Waals surface area (Å²) in [5, 5.41) is 4.84. The minimum absolute atomic E-state index is 0.123. The highest BCUT2D eigenvalue weighted by molar-refractivity contribution is 7.80. The van der Waals surface area contributed by atoms with E-state index in [4.69, 9.17) is 21.7 Å². The number of nitrogens with one attached hydrogen (secondary N) is 2. The third kappa shape index (κ3) is 6.71. The number of nitrogens with zero attached hydrogens (tertiary/aromatic N) is 2. The van der Waals surface area contributed by atoms with Crippen LogP contribution in [0, 0.1) is 0 Å². The van der Waals surface area contributed by atoms with Crippen LogP contribution in [0.3, 0.4) is 0 Å². The summed E-state index contributed by atoms with van der Waals surface area (Å²) in [6.07, 6.45) is 0.939. The average molecular weight is 483 g/mol. The second-order valence-corrected chi connectivity index (χ2v) is 8.42. The molecule has 2 N–H and O–H groups in total. The Morgan fingerprint density at radius 1 is 0.971 bits per heavy atom. The van der Waals surface area contributed by atoms with Gasteiger partial charge in [0.2, 0.25) is 0 Å². The molecule has 0 aliphatic carbocycles. The average Bonchev–Trinajstić information content (AvgIpc) is 2.86. The standard InChI is InChI=1S/C26H34N4O3S/c1-5-29(6-2)14-7-15-30(26(34)27-21-9-12-22(32-3)13-10-21)18-20-16-19-8-11-23(33-4)17-24(19)28-25(20)31/h8-13,16-17H,5-7,14-15,18H2,1-4H3,(H,27,34)(H,28,31). The van der Waals surface area contributed by atoms with Gasteiger partial charge in [0.05, 0.1) is 26.3 Å². The lowest BCUT2D eigenvalue weighted by Gasteiger charge is -2.27. The van der Waals surface area contributed by atoms with E-state index in [1.165, 1.54) is 0 Å². The van der Waals surface area contributed by atoms with Crippen molar-refractivity contribution in [3.63, 3.8) is 0 Å². The molecule has 1 heterocycles. The van der Waals surface area contributed by atoms with Crippen molar-refractivity contribution in [2.75, 3.05) is 45.7 Å². The summed E-state index contributed by atoms with van der Waals surface area (Å²) in [7, 11) is 3.25. The third-order valence-corrected chi connectivity index (χ3v) is 6.28. The zero-order valence-electron chi connectivity index (χ0n) is 20.4. The third-order valence-electron chi connectivity index (χ3n) is 5.92. The van der Waals surface area contributed by atoms with Crippen molar-refractivity contribution < 1.29 is 9.47 Å². The fraction of sp³-hybridized carbons (Fsp3) is 0.385. The number of rotatable bonds is 11. The molecule has 0 saturated carbocycles. The Morgan fingerprint density at radius 3 is 2.29 bits per heavy atom. The van der Waals surface area contributed by atoms with Gasteiger partial charge in [0.1, 0.15) is 11.5 Å². The number of aromatic amines is 1. The van der Waals surface area contributed by atoms with Gasteiger partial charge in [-0.2, -0.15) is 0 Å². The van der Waals surface area contributed by atoms with Gasteiger partial charge in [-0.25, -0.2) is 0 Å². The fourth-order valence-corrected chi connectivity index (χ4v) is 4.10. The highest BCUT2D eigenvalue weighted by Crippen LogP contribution is 2.20. The predicted molar refractivity (Wildman–Crippen MR) is 143 cm³/mol. The van der Waals surface area contributed by atoms with Crippen molar-refractivity contribution in [3.05, 3.63) is 64.4 Å². The Balaban J connectivity index is 1.81. The van der Waals surface area contributed by atoms with E-state index in [2.05, 4.69) is 33.9 Å². The van der Waals surface area contributed by atoms with Crippen molar-refractivity contribution in [1.29, 1.82) is 0 Å². The second kappa shape index (κ2) is 12.4. The molecule has 0 aliphatic heterocycles. The molecule has 0 unspecified atom stereocenters. The molecule has 0 radical (unpaired) electrons. The van der Waals surface area contributed by atoms with Crippen LogP contribution in [-0.2, 0) is 6.54 Å². The quantitative estimate of drug-likeness (QED) is 0.391. The molecular formula is C26H34N4O3S. The predicted octanol–water partition coefficient (Wildman–Crippen LogP) is 4.48. The van der Waals surface area contributed by atoms with E-state index in [0.29, 0.717) is 23.0 Å². The molecule has 1 aromatic heterocycles. The lowest BCUT2D eigenvalue weighted by Crippen LogP contribution is -2.38. The Labute approximate surface area is 206 Å². The van der Waals surface area contributed by atoms with Crippen molar-refractivity contribution in [2.24, 2.45) is 0 Å². The molecule has 182 valence electrons. The molecule has 7 nitrogen and oxygen atoms in total. The van der Waals surface area contributed by atoms with E-state index in [9.17, 15) is 4.79 Å². The Morgan fingerprint density at radius 2 is 1.65 bits per heavy atom. The van der Waals surface area contributed by atoms with Crippen LogP contribution in [-0.4, -0.2) is 60.3 Å². The zero-order chi connectivity index (χ0) is 24.5. The highest BCUT2D eigenvalue weighted by Gasteiger charge is 2.15. The number of anilines is 1. The number of pyridine rings is 1. The molecule has 3 aromatic rings. The Hall–Kier alpha value is -3.10. The minimum atomic E-state index is -0.123. The van der Waals surface area contributed by atoms with Crippen LogP contribution in [0.5, 0.6) is 11.5 Å². The van der Waals surface area contributed by atoms with Gasteiger partial charge in [-0.05, 0) is 86.1 Å². The van der Waals surface area contributed by atoms with Crippen LogP contribution in [0.15, 0.2) is 53.3 Å². The maximum absolute atomic E-state index is 12.9. The van der Waals surface area contributed by atoms with Crippen molar-refractivity contribution >= 4 is 33.9 Å². The van der Waals surface area contributed by atoms with Gasteiger partial charge in [-0.3, -0.25) is 4.79 Å². The Kier molecular flexibility index (Phi) is 9.30. The van der Waals surface area contributed by atoms with Gasteiger partial charge in [0.15, 0.2) is 5.11 Å². The summed E-state index contributed by atoms with van der Waals surface area (Å²) in [5.41, 5.74) is 2.17. The summed E-state index contributed by atoms with van der Waals surface area (Å²) in [4.78, 5) is 20.3. The van der Waals surface area contributed by atoms with Gasteiger partial charge in [0, 0.05) is 23.9 Å². The number of ether oxygens (including phenoxy) is 2. The number of thiocarbonyl (C=S) groups is 1. The maximum Gasteiger partial charge on any atom is 0.253 e. The van der Waals surface area contributed by atoms with Crippen LogP contribution in [0.1, 0.15) is 25.8 Å². The van der Waals surface area contributed by atoms with Crippen LogP contribution >= 0.6 is 12.2 Å². The first kappa shape index (κ1) is 25.5. The van der Waals surface area contributed by atoms with E-state index in [0.717, 1.165) is 54.9 Å².